The van der Waals surface area contributed by atoms with Gasteiger partial charge in [-0.25, -0.2) is 4.98 Å². The van der Waals surface area contributed by atoms with Gasteiger partial charge in [-0.3, -0.25) is 0 Å². The Kier molecular flexibility index (Phi) is 4.69. The molecule has 0 saturated carbocycles. The summed E-state index contributed by atoms with van der Waals surface area (Å²) < 4.78 is 10.8. The van der Waals surface area contributed by atoms with E-state index < -0.39 is 0 Å². The molecule has 0 unspecified atom stereocenters. The molecule has 0 bridgehead atoms. The van der Waals surface area contributed by atoms with Crippen LogP contribution in [0.1, 0.15) is 0 Å². The second kappa shape index (κ2) is 7.29. The molecule has 0 N–H and O–H groups in total. The Morgan fingerprint density at radius 1 is 0.741 bits per heavy atom. The number of ether oxygens (including phenoxy) is 2. The lowest BCUT2D eigenvalue weighted by Gasteiger charge is -2.12. The molecule has 1 heterocycles. The number of benzene rings is 3. The fourth-order valence-corrected chi connectivity index (χ4v) is 3.31. The topological polar surface area (TPSA) is 31.4 Å². The van der Waals surface area contributed by atoms with E-state index in [0.29, 0.717) is 11.5 Å². The Bertz CT molecular complexity index is 1110. The van der Waals surface area contributed by atoms with Gasteiger partial charge in [0, 0.05) is 16.0 Å². The van der Waals surface area contributed by atoms with E-state index in [1.54, 1.807) is 14.2 Å². The number of hydrogen-bond donors (Lipinski definition) is 0. The van der Waals surface area contributed by atoms with Crippen molar-refractivity contribution in [3.8, 4) is 33.9 Å². The molecule has 0 fully saturated rings. The molecule has 0 aliphatic rings. The van der Waals surface area contributed by atoms with Gasteiger partial charge < -0.3 is 9.47 Å². The molecule has 0 aliphatic carbocycles. The van der Waals surface area contributed by atoms with E-state index in [1.165, 1.54) is 0 Å². The van der Waals surface area contributed by atoms with Crippen molar-refractivity contribution in [3.63, 3.8) is 0 Å². The Balaban J connectivity index is 1.93. The summed E-state index contributed by atoms with van der Waals surface area (Å²) in [5.74, 6) is 1.37. The Morgan fingerprint density at radius 2 is 1.44 bits per heavy atom. The molecular weight excluding hydrogens is 358 g/mol. The number of nitrogens with zero attached hydrogens (tertiary/aromatic N) is 1. The van der Waals surface area contributed by atoms with Crippen molar-refractivity contribution in [2.24, 2.45) is 0 Å². The number of hydrogen-bond acceptors (Lipinski definition) is 3. The quantitative estimate of drug-likeness (QED) is 0.423. The van der Waals surface area contributed by atoms with Crippen LogP contribution in [0.2, 0.25) is 5.02 Å². The lowest BCUT2D eigenvalue weighted by Crippen LogP contribution is -1.93. The van der Waals surface area contributed by atoms with Gasteiger partial charge in [0.05, 0.1) is 25.4 Å². The molecule has 0 amide bonds. The second-order valence-corrected chi connectivity index (χ2v) is 6.59. The van der Waals surface area contributed by atoms with E-state index >= 15 is 0 Å². The summed E-state index contributed by atoms with van der Waals surface area (Å²) in [7, 11) is 3.26. The van der Waals surface area contributed by atoms with Crippen LogP contribution in [0.5, 0.6) is 11.5 Å². The summed E-state index contributed by atoms with van der Waals surface area (Å²) >= 11 is 6.07. The van der Waals surface area contributed by atoms with Gasteiger partial charge in [0.25, 0.3) is 0 Å². The first kappa shape index (κ1) is 17.4. The molecule has 1 aromatic heterocycles. The summed E-state index contributed by atoms with van der Waals surface area (Å²) in [6.07, 6.45) is 0. The number of halogens is 1. The fourth-order valence-electron chi connectivity index (χ4n) is 3.19. The van der Waals surface area contributed by atoms with Crippen molar-refractivity contribution in [1.29, 1.82) is 0 Å². The maximum absolute atomic E-state index is 6.07. The largest absolute Gasteiger partial charge is 0.493 e. The minimum Gasteiger partial charge on any atom is -0.493 e. The first-order chi connectivity index (χ1) is 13.2. The molecule has 3 nitrogen and oxygen atoms in total. The standard InChI is InChI=1S/C23H18ClNO2/c1-26-22-12-9-16(13-23(22)27-2)21-14-19(15-7-10-17(24)11-8-15)18-5-3-4-6-20(18)25-21/h3-14H,1-2H3. The smallest absolute Gasteiger partial charge is 0.161 e. The molecular formula is C23H18ClNO2. The number of rotatable bonds is 4. The number of fused-ring (bicyclic) bond motifs is 1. The Labute approximate surface area is 163 Å². The molecule has 0 spiro atoms. The van der Waals surface area contributed by atoms with Crippen LogP contribution >= 0.6 is 11.6 Å². The lowest BCUT2D eigenvalue weighted by atomic mass is 9.98. The average molecular weight is 376 g/mol. The summed E-state index contributed by atoms with van der Waals surface area (Å²) in [6.45, 7) is 0. The summed E-state index contributed by atoms with van der Waals surface area (Å²) in [6, 6.07) is 23.9. The predicted molar refractivity (Wildman–Crippen MR) is 111 cm³/mol. The molecule has 4 rings (SSSR count). The molecule has 134 valence electrons. The van der Waals surface area contributed by atoms with Crippen LogP contribution in [0, 0.1) is 0 Å². The SMILES string of the molecule is COc1ccc(-c2cc(-c3ccc(Cl)cc3)c3ccccc3n2)cc1OC. The van der Waals surface area contributed by atoms with Crippen molar-refractivity contribution in [2.75, 3.05) is 14.2 Å². The molecule has 3 aromatic carbocycles. The normalized spacial score (nSPS) is 10.8. The summed E-state index contributed by atoms with van der Waals surface area (Å²) in [5, 5.41) is 1.82. The van der Waals surface area contributed by atoms with Crippen LogP contribution in [-0.2, 0) is 0 Å². The monoisotopic (exact) mass is 375 g/mol. The summed E-state index contributed by atoms with van der Waals surface area (Å²) in [5.41, 5.74) is 4.99. The van der Waals surface area contributed by atoms with Crippen LogP contribution in [0.25, 0.3) is 33.3 Å². The maximum Gasteiger partial charge on any atom is 0.161 e. The predicted octanol–water partition coefficient (Wildman–Crippen LogP) is 6.24. The lowest BCUT2D eigenvalue weighted by molar-refractivity contribution is 0.355. The van der Waals surface area contributed by atoms with Gasteiger partial charge in [-0.15, -0.1) is 0 Å². The highest BCUT2D eigenvalue weighted by Crippen LogP contribution is 2.36. The van der Waals surface area contributed by atoms with Gasteiger partial charge >= 0.3 is 0 Å². The van der Waals surface area contributed by atoms with Gasteiger partial charge in [-0.05, 0) is 53.6 Å². The van der Waals surface area contributed by atoms with E-state index in [2.05, 4.69) is 12.1 Å². The van der Waals surface area contributed by atoms with Gasteiger partial charge in [0.1, 0.15) is 0 Å². The minimum absolute atomic E-state index is 0.679. The average Bonchev–Trinajstić information content (AvgIpc) is 2.73. The Hall–Kier alpha value is -3.04. The molecule has 4 heteroatoms. The zero-order valence-electron chi connectivity index (χ0n) is 15.1. The first-order valence-electron chi connectivity index (χ1n) is 8.58. The van der Waals surface area contributed by atoms with Crippen LogP contribution in [0.15, 0.2) is 72.8 Å². The van der Waals surface area contributed by atoms with E-state index in [-0.39, 0.29) is 0 Å². The van der Waals surface area contributed by atoms with E-state index in [4.69, 9.17) is 26.1 Å². The van der Waals surface area contributed by atoms with Crippen LogP contribution in [0.3, 0.4) is 0 Å². The van der Waals surface area contributed by atoms with E-state index in [0.717, 1.165) is 38.3 Å². The maximum atomic E-state index is 6.07. The highest BCUT2D eigenvalue weighted by molar-refractivity contribution is 6.30. The van der Waals surface area contributed by atoms with Crippen LogP contribution < -0.4 is 9.47 Å². The zero-order chi connectivity index (χ0) is 18.8. The number of pyridine rings is 1. The van der Waals surface area contributed by atoms with Gasteiger partial charge in [0.15, 0.2) is 11.5 Å². The van der Waals surface area contributed by atoms with Crippen molar-refractivity contribution in [2.45, 2.75) is 0 Å². The van der Waals surface area contributed by atoms with E-state index in [9.17, 15) is 0 Å². The highest BCUT2D eigenvalue weighted by Gasteiger charge is 2.12. The van der Waals surface area contributed by atoms with Crippen LogP contribution in [-0.4, -0.2) is 19.2 Å². The van der Waals surface area contributed by atoms with Gasteiger partial charge in [0.2, 0.25) is 0 Å². The van der Waals surface area contributed by atoms with E-state index in [1.807, 2.05) is 60.7 Å². The highest BCUT2D eigenvalue weighted by atomic mass is 35.5. The van der Waals surface area contributed by atoms with Crippen LogP contribution in [0.4, 0.5) is 0 Å². The van der Waals surface area contributed by atoms with Crippen molar-refractivity contribution in [3.05, 3.63) is 77.8 Å². The van der Waals surface area contributed by atoms with Crippen molar-refractivity contribution < 1.29 is 9.47 Å². The zero-order valence-corrected chi connectivity index (χ0v) is 15.8. The Morgan fingerprint density at radius 3 is 2.19 bits per heavy atom. The number of methoxy groups -OCH3 is 2. The number of aromatic nitrogens is 1. The van der Waals surface area contributed by atoms with Crippen molar-refractivity contribution >= 4 is 22.5 Å². The van der Waals surface area contributed by atoms with Crippen molar-refractivity contribution in [1.82, 2.24) is 4.98 Å². The van der Waals surface area contributed by atoms with Gasteiger partial charge in [-0.2, -0.15) is 0 Å². The molecule has 0 saturated heterocycles. The molecule has 27 heavy (non-hydrogen) atoms. The third kappa shape index (κ3) is 3.34. The molecule has 0 radical (unpaired) electrons. The minimum atomic E-state index is 0.679. The summed E-state index contributed by atoms with van der Waals surface area (Å²) in [4.78, 5) is 4.86. The molecule has 0 aliphatic heterocycles. The third-order valence-corrected chi connectivity index (χ3v) is 4.80. The fraction of sp³-hybridized carbons (Fsp3) is 0.0870. The first-order valence-corrected chi connectivity index (χ1v) is 8.95. The molecule has 0 atom stereocenters. The molecule has 4 aromatic rings. The number of para-hydroxylation sites is 1. The van der Waals surface area contributed by atoms with Gasteiger partial charge in [-0.1, -0.05) is 41.9 Å². The second-order valence-electron chi connectivity index (χ2n) is 6.15. The third-order valence-electron chi connectivity index (χ3n) is 4.55.